The van der Waals surface area contributed by atoms with Gasteiger partial charge in [-0.2, -0.15) is 0 Å². The summed E-state index contributed by atoms with van der Waals surface area (Å²) in [5.74, 6) is -0.282. The Labute approximate surface area is 192 Å². The monoisotopic (exact) mass is 446 g/mol. The van der Waals surface area contributed by atoms with E-state index in [1.54, 1.807) is 41.2 Å². The second-order valence-corrected chi connectivity index (χ2v) is 8.92. The van der Waals surface area contributed by atoms with Crippen LogP contribution in [0.25, 0.3) is 5.69 Å². The van der Waals surface area contributed by atoms with Crippen LogP contribution >= 0.6 is 0 Å². The maximum Gasteiger partial charge on any atom is 0.254 e. The van der Waals surface area contributed by atoms with E-state index in [9.17, 15) is 14.0 Å². The lowest BCUT2D eigenvalue weighted by Crippen LogP contribution is -2.49. The molecule has 2 aromatic carbocycles. The summed E-state index contributed by atoms with van der Waals surface area (Å²) in [5, 5.41) is 2.95. The Balaban J connectivity index is 1.31. The number of carbonyl (C=O) groups is 2. The van der Waals surface area contributed by atoms with Crippen molar-refractivity contribution in [3.63, 3.8) is 0 Å². The first-order valence-electron chi connectivity index (χ1n) is 11.5. The lowest BCUT2D eigenvalue weighted by molar-refractivity contribution is -0.125. The number of rotatable bonds is 5. The van der Waals surface area contributed by atoms with Crippen LogP contribution in [-0.4, -0.2) is 38.3 Å². The first-order chi connectivity index (χ1) is 16.1. The molecule has 2 amide bonds. The van der Waals surface area contributed by atoms with E-state index >= 15 is 0 Å². The standard InChI is InChI=1S/C26H27FN4O2/c27-21-14-18(10-11-23(21)30-13-12-28-17-30)16-29-25(32)24-15-20-8-4-5-9-22(20)31(24)26(33)19-6-2-1-3-7-19/h1-3,6-7,10-14,17,20,22,24H,4-5,8-9,15-16H2,(H,29,32). The Hall–Kier alpha value is -3.48. The number of carbonyl (C=O) groups excluding carboxylic acids is 2. The Morgan fingerprint density at radius 2 is 1.91 bits per heavy atom. The fourth-order valence-electron chi connectivity index (χ4n) is 5.29. The minimum Gasteiger partial charge on any atom is -0.350 e. The number of aromatic nitrogens is 2. The number of imidazole rings is 1. The van der Waals surface area contributed by atoms with E-state index in [1.807, 2.05) is 23.1 Å². The van der Waals surface area contributed by atoms with Gasteiger partial charge in [0.2, 0.25) is 5.91 Å². The molecular formula is C26H27FN4O2. The van der Waals surface area contributed by atoms with Crippen molar-refractivity contribution in [1.29, 1.82) is 0 Å². The van der Waals surface area contributed by atoms with Crippen LogP contribution in [0.3, 0.4) is 0 Å². The van der Waals surface area contributed by atoms with Gasteiger partial charge < -0.3 is 14.8 Å². The van der Waals surface area contributed by atoms with Crippen molar-refractivity contribution in [2.24, 2.45) is 5.92 Å². The smallest absolute Gasteiger partial charge is 0.254 e. The number of nitrogens with one attached hydrogen (secondary N) is 1. The highest BCUT2D eigenvalue weighted by molar-refractivity contribution is 5.98. The molecule has 1 saturated heterocycles. The quantitative estimate of drug-likeness (QED) is 0.642. The summed E-state index contributed by atoms with van der Waals surface area (Å²) >= 11 is 0. The second-order valence-electron chi connectivity index (χ2n) is 8.92. The predicted molar refractivity (Wildman–Crippen MR) is 122 cm³/mol. The zero-order valence-electron chi connectivity index (χ0n) is 18.4. The van der Waals surface area contributed by atoms with Crippen LogP contribution in [0.15, 0.2) is 67.3 Å². The highest BCUT2D eigenvalue weighted by Crippen LogP contribution is 2.40. The molecule has 0 bridgehead atoms. The lowest BCUT2D eigenvalue weighted by Gasteiger charge is -2.33. The molecule has 170 valence electrons. The van der Waals surface area contributed by atoms with Gasteiger partial charge in [-0.15, -0.1) is 0 Å². The molecule has 3 unspecified atom stereocenters. The predicted octanol–water partition coefficient (Wildman–Crippen LogP) is 4.10. The lowest BCUT2D eigenvalue weighted by atomic mass is 9.84. The third kappa shape index (κ3) is 4.27. The number of fused-ring (bicyclic) bond motifs is 1. The van der Waals surface area contributed by atoms with Crippen molar-refractivity contribution in [2.75, 3.05) is 0 Å². The topological polar surface area (TPSA) is 67.2 Å². The van der Waals surface area contributed by atoms with Crippen molar-refractivity contribution >= 4 is 11.8 Å². The van der Waals surface area contributed by atoms with E-state index in [4.69, 9.17) is 0 Å². The Kier molecular flexibility index (Phi) is 5.94. The molecule has 6 nitrogen and oxygen atoms in total. The van der Waals surface area contributed by atoms with Gasteiger partial charge in [0.25, 0.3) is 5.91 Å². The van der Waals surface area contributed by atoms with Gasteiger partial charge in [-0.1, -0.05) is 37.1 Å². The molecule has 0 spiro atoms. The van der Waals surface area contributed by atoms with E-state index < -0.39 is 6.04 Å². The summed E-state index contributed by atoms with van der Waals surface area (Å²) < 4.78 is 16.2. The number of nitrogens with zero attached hydrogens (tertiary/aromatic N) is 3. The molecule has 33 heavy (non-hydrogen) atoms. The molecular weight excluding hydrogens is 419 g/mol. The molecule has 1 aliphatic heterocycles. The molecule has 1 aromatic heterocycles. The average Bonchev–Trinajstić information content (AvgIpc) is 3.51. The van der Waals surface area contributed by atoms with Gasteiger partial charge in [0.05, 0.1) is 12.0 Å². The largest absolute Gasteiger partial charge is 0.350 e. The third-order valence-corrected chi connectivity index (χ3v) is 6.91. The number of hydrogen-bond donors (Lipinski definition) is 1. The summed E-state index contributed by atoms with van der Waals surface area (Å²) in [4.78, 5) is 32.4. The Morgan fingerprint density at radius 1 is 1.09 bits per heavy atom. The summed E-state index contributed by atoms with van der Waals surface area (Å²) in [6, 6.07) is 13.7. The van der Waals surface area contributed by atoms with Crippen LogP contribution < -0.4 is 5.32 Å². The molecule has 7 heteroatoms. The fourth-order valence-corrected chi connectivity index (χ4v) is 5.29. The van der Waals surface area contributed by atoms with Crippen molar-refractivity contribution in [2.45, 2.75) is 50.7 Å². The van der Waals surface area contributed by atoms with Crippen molar-refractivity contribution in [3.8, 4) is 5.69 Å². The number of benzene rings is 2. The van der Waals surface area contributed by atoms with Gasteiger partial charge in [0.1, 0.15) is 11.9 Å². The van der Waals surface area contributed by atoms with E-state index in [-0.39, 0.29) is 30.2 Å². The minimum absolute atomic E-state index is 0.0825. The number of halogens is 1. The molecule has 0 radical (unpaired) electrons. The highest BCUT2D eigenvalue weighted by Gasteiger charge is 2.47. The molecule has 2 heterocycles. The van der Waals surface area contributed by atoms with Crippen LogP contribution in [0.1, 0.15) is 48.0 Å². The summed E-state index contributed by atoms with van der Waals surface area (Å²) in [7, 11) is 0. The van der Waals surface area contributed by atoms with E-state index in [0.29, 0.717) is 29.2 Å². The van der Waals surface area contributed by atoms with E-state index in [2.05, 4.69) is 10.3 Å². The maximum absolute atomic E-state index is 14.6. The van der Waals surface area contributed by atoms with Crippen LogP contribution in [0.4, 0.5) is 4.39 Å². The van der Waals surface area contributed by atoms with E-state index in [0.717, 1.165) is 25.7 Å². The zero-order chi connectivity index (χ0) is 22.8. The molecule has 1 aliphatic carbocycles. The van der Waals surface area contributed by atoms with Gasteiger partial charge in [0, 0.05) is 30.5 Å². The summed E-state index contributed by atoms with van der Waals surface area (Å²) in [5.41, 5.74) is 1.68. The van der Waals surface area contributed by atoms with Crippen molar-refractivity contribution in [3.05, 3.63) is 84.2 Å². The van der Waals surface area contributed by atoms with Gasteiger partial charge in [-0.25, -0.2) is 9.37 Å². The van der Waals surface area contributed by atoms with Gasteiger partial charge >= 0.3 is 0 Å². The average molecular weight is 447 g/mol. The molecule has 2 fully saturated rings. The Bertz CT molecular complexity index is 1130. The molecule has 2 aliphatic rings. The van der Waals surface area contributed by atoms with Crippen LogP contribution in [0.2, 0.25) is 0 Å². The molecule has 3 atom stereocenters. The maximum atomic E-state index is 14.6. The van der Waals surface area contributed by atoms with Crippen molar-refractivity contribution < 1.29 is 14.0 Å². The fraction of sp³-hybridized carbons (Fsp3) is 0.346. The first-order valence-corrected chi connectivity index (χ1v) is 11.5. The third-order valence-electron chi connectivity index (χ3n) is 6.91. The molecule has 1 saturated carbocycles. The Morgan fingerprint density at radius 3 is 2.67 bits per heavy atom. The number of likely N-dealkylation sites (tertiary alicyclic amines) is 1. The second kappa shape index (κ2) is 9.17. The molecule has 1 N–H and O–H groups in total. The number of amides is 2. The number of hydrogen-bond acceptors (Lipinski definition) is 3. The van der Waals surface area contributed by atoms with Gasteiger partial charge in [-0.3, -0.25) is 9.59 Å². The van der Waals surface area contributed by atoms with Gasteiger partial charge in [-0.05, 0) is 55.0 Å². The molecule has 3 aromatic rings. The highest BCUT2D eigenvalue weighted by atomic mass is 19.1. The van der Waals surface area contributed by atoms with Crippen LogP contribution in [0, 0.1) is 11.7 Å². The van der Waals surface area contributed by atoms with E-state index in [1.165, 1.54) is 12.4 Å². The van der Waals surface area contributed by atoms with Crippen LogP contribution in [-0.2, 0) is 11.3 Å². The zero-order valence-corrected chi connectivity index (χ0v) is 18.4. The summed E-state index contributed by atoms with van der Waals surface area (Å²) in [6.07, 6.45) is 9.71. The SMILES string of the molecule is O=C(NCc1ccc(-n2ccnc2)c(F)c1)C1CC2CCCCC2N1C(=O)c1ccccc1. The summed E-state index contributed by atoms with van der Waals surface area (Å²) in [6.45, 7) is 0.208. The minimum atomic E-state index is -0.499. The van der Waals surface area contributed by atoms with Gasteiger partial charge in [0.15, 0.2) is 0 Å². The normalized spacial score (nSPS) is 22.1. The van der Waals surface area contributed by atoms with Crippen LogP contribution in [0.5, 0.6) is 0 Å². The first kappa shape index (κ1) is 21.4. The molecule has 5 rings (SSSR count). The van der Waals surface area contributed by atoms with Crippen molar-refractivity contribution in [1.82, 2.24) is 19.8 Å².